The number of hydrogen-bond donors (Lipinski definition) is 1. The molecule has 0 atom stereocenters. The van der Waals surface area contributed by atoms with E-state index in [2.05, 4.69) is 9.72 Å². The van der Waals surface area contributed by atoms with Crippen molar-refractivity contribution in [2.75, 3.05) is 12.8 Å². The highest BCUT2D eigenvalue weighted by Gasteiger charge is 2.06. The predicted octanol–water partition coefficient (Wildman–Crippen LogP) is 0.251. The normalized spacial score (nSPS) is 9.14. The van der Waals surface area contributed by atoms with E-state index in [-0.39, 0.29) is 18.2 Å². The van der Waals surface area contributed by atoms with E-state index in [0.29, 0.717) is 11.3 Å². The Labute approximate surface area is 81.1 Å². The Balaban J connectivity index is 2.88. The maximum Gasteiger partial charge on any atom is 0.311 e. The van der Waals surface area contributed by atoms with Crippen molar-refractivity contribution in [3.8, 4) is 6.07 Å². The molecule has 0 saturated carbocycles. The van der Waals surface area contributed by atoms with E-state index in [0.717, 1.165) is 0 Å². The molecule has 0 bridgehead atoms. The fourth-order valence-electron chi connectivity index (χ4n) is 0.930. The van der Waals surface area contributed by atoms with Crippen LogP contribution in [-0.2, 0) is 16.0 Å². The maximum atomic E-state index is 10.9. The lowest BCUT2D eigenvalue weighted by Gasteiger charge is -2.01. The molecule has 1 aromatic rings. The zero-order chi connectivity index (χ0) is 10.6. The summed E-state index contributed by atoms with van der Waals surface area (Å²) in [6.07, 6.45) is 0.0619. The lowest BCUT2D eigenvalue weighted by molar-refractivity contribution is -0.139. The van der Waals surface area contributed by atoms with Gasteiger partial charge in [-0.1, -0.05) is 0 Å². The topological polar surface area (TPSA) is 89.0 Å². The number of carbonyl (C=O) groups excluding carboxylic acids is 1. The molecular weight excluding hydrogens is 182 g/mol. The van der Waals surface area contributed by atoms with Crippen LogP contribution < -0.4 is 5.73 Å². The number of nitrogen functional groups attached to an aromatic ring is 1. The average Bonchev–Trinajstić information content (AvgIpc) is 2.18. The van der Waals surface area contributed by atoms with Gasteiger partial charge in [-0.15, -0.1) is 0 Å². The Kier molecular flexibility index (Phi) is 3.02. The van der Waals surface area contributed by atoms with Crippen LogP contribution in [0.5, 0.6) is 0 Å². The van der Waals surface area contributed by atoms with Crippen LogP contribution in [-0.4, -0.2) is 18.1 Å². The lowest BCUT2D eigenvalue weighted by atomic mass is 10.2. The highest BCUT2D eigenvalue weighted by molar-refractivity contribution is 5.72. The van der Waals surface area contributed by atoms with Gasteiger partial charge >= 0.3 is 5.97 Å². The van der Waals surface area contributed by atoms with E-state index in [1.165, 1.54) is 13.2 Å². The van der Waals surface area contributed by atoms with Crippen molar-refractivity contribution < 1.29 is 9.53 Å². The van der Waals surface area contributed by atoms with Gasteiger partial charge in [-0.3, -0.25) is 4.79 Å². The Morgan fingerprint density at radius 2 is 2.43 bits per heavy atom. The van der Waals surface area contributed by atoms with Gasteiger partial charge in [0.25, 0.3) is 0 Å². The quantitative estimate of drug-likeness (QED) is 0.677. The first-order valence-corrected chi connectivity index (χ1v) is 3.89. The number of carbonyl (C=O) groups is 1. The highest BCUT2D eigenvalue weighted by atomic mass is 16.5. The molecule has 1 aromatic heterocycles. The molecule has 0 aliphatic rings. The summed E-state index contributed by atoms with van der Waals surface area (Å²) in [7, 11) is 1.30. The summed E-state index contributed by atoms with van der Waals surface area (Å²) in [6, 6.07) is 4.99. The summed E-state index contributed by atoms with van der Waals surface area (Å²) in [4.78, 5) is 14.8. The molecule has 1 rings (SSSR count). The fraction of sp³-hybridized carbons (Fsp3) is 0.222. The zero-order valence-electron chi connectivity index (χ0n) is 7.65. The molecule has 0 aliphatic heterocycles. The monoisotopic (exact) mass is 191 g/mol. The fourth-order valence-corrected chi connectivity index (χ4v) is 0.930. The molecule has 14 heavy (non-hydrogen) atoms. The van der Waals surface area contributed by atoms with Crippen molar-refractivity contribution >= 4 is 11.8 Å². The largest absolute Gasteiger partial charge is 0.469 e. The first kappa shape index (κ1) is 9.99. The van der Waals surface area contributed by atoms with Crippen molar-refractivity contribution in [1.82, 2.24) is 4.98 Å². The third-order valence-electron chi connectivity index (χ3n) is 1.66. The standard InChI is InChI=1S/C9H9N3O2/c1-14-8(13)4-7-3-2-6(5-10)9(11)12-7/h2-3H,4H2,1H3,(H2,11,12). The number of nitrogens with zero attached hydrogens (tertiary/aromatic N) is 2. The molecule has 0 spiro atoms. The number of aromatic nitrogens is 1. The molecule has 0 unspecified atom stereocenters. The molecule has 5 heteroatoms. The summed E-state index contributed by atoms with van der Waals surface area (Å²) in [5.41, 5.74) is 6.26. The molecule has 0 aliphatic carbocycles. The van der Waals surface area contributed by atoms with E-state index in [1.54, 1.807) is 6.07 Å². The van der Waals surface area contributed by atoms with Gasteiger partial charge in [0.1, 0.15) is 11.9 Å². The van der Waals surface area contributed by atoms with Crippen LogP contribution >= 0.6 is 0 Å². The second-order valence-corrected chi connectivity index (χ2v) is 2.60. The van der Waals surface area contributed by atoms with Crippen LogP contribution in [0.1, 0.15) is 11.3 Å². The van der Waals surface area contributed by atoms with E-state index in [4.69, 9.17) is 11.0 Å². The van der Waals surface area contributed by atoms with Crippen LogP contribution in [0.2, 0.25) is 0 Å². The average molecular weight is 191 g/mol. The number of nitriles is 1. The molecule has 5 nitrogen and oxygen atoms in total. The number of rotatable bonds is 2. The van der Waals surface area contributed by atoms with Crippen LogP contribution in [0.4, 0.5) is 5.82 Å². The van der Waals surface area contributed by atoms with Gasteiger partial charge < -0.3 is 10.5 Å². The van der Waals surface area contributed by atoms with Crippen molar-refractivity contribution in [3.63, 3.8) is 0 Å². The summed E-state index contributed by atoms with van der Waals surface area (Å²) in [5, 5.41) is 8.58. The molecular formula is C9H9N3O2. The van der Waals surface area contributed by atoms with Crippen LogP contribution in [0.25, 0.3) is 0 Å². The summed E-state index contributed by atoms with van der Waals surface area (Å²) >= 11 is 0. The smallest absolute Gasteiger partial charge is 0.311 e. The number of pyridine rings is 1. The minimum Gasteiger partial charge on any atom is -0.469 e. The molecule has 0 radical (unpaired) electrons. The minimum absolute atomic E-state index is 0.0619. The van der Waals surface area contributed by atoms with Crippen molar-refractivity contribution in [2.45, 2.75) is 6.42 Å². The van der Waals surface area contributed by atoms with Gasteiger partial charge in [0.05, 0.1) is 24.8 Å². The third kappa shape index (κ3) is 2.20. The number of esters is 1. The third-order valence-corrected chi connectivity index (χ3v) is 1.66. The zero-order valence-corrected chi connectivity index (χ0v) is 7.65. The predicted molar refractivity (Wildman–Crippen MR) is 49.1 cm³/mol. The first-order chi connectivity index (χ1) is 6.67. The van der Waals surface area contributed by atoms with Gasteiger partial charge in [0.2, 0.25) is 0 Å². The second kappa shape index (κ2) is 4.23. The number of methoxy groups -OCH3 is 1. The molecule has 0 amide bonds. The van der Waals surface area contributed by atoms with Crippen molar-refractivity contribution in [3.05, 3.63) is 23.4 Å². The second-order valence-electron chi connectivity index (χ2n) is 2.60. The van der Waals surface area contributed by atoms with Crippen LogP contribution in [0.3, 0.4) is 0 Å². The van der Waals surface area contributed by atoms with Crippen molar-refractivity contribution in [1.29, 1.82) is 5.26 Å². The number of anilines is 1. The van der Waals surface area contributed by atoms with Gasteiger partial charge in [-0.25, -0.2) is 4.98 Å². The number of ether oxygens (including phenoxy) is 1. The Morgan fingerprint density at radius 3 is 2.93 bits per heavy atom. The van der Waals surface area contributed by atoms with E-state index in [1.807, 2.05) is 6.07 Å². The molecule has 0 fully saturated rings. The Morgan fingerprint density at radius 1 is 1.71 bits per heavy atom. The Bertz CT molecular complexity index is 396. The Hall–Kier alpha value is -2.09. The van der Waals surface area contributed by atoms with E-state index >= 15 is 0 Å². The number of hydrogen-bond acceptors (Lipinski definition) is 5. The van der Waals surface area contributed by atoms with Gasteiger partial charge in [-0.05, 0) is 12.1 Å². The van der Waals surface area contributed by atoms with Crippen LogP contribution in [0.15, 0.2) is 12.1 Å². The van der Waals surface area contributed by atoms with Crippen molar-refractivity contribution in [2.24, 2.45) is 0 Å². The highest BCUT2D eigenvalue weighted by Crippen LogP contribution is 2.08. The first-order valence-electron chi connectivity index (χ1n) is 3.89. The van der Waals surface area contributed by atoms with Gasteiger partial charge in [0.15, 0.2) is 0 Å². The lowest BCUT2D eigenvalue weighted by Crippen LogP contribution is -2.07. The molecule has 72 valence electrons. The summed E-state index contributed by atoms with van der Waals surface area (Å²) in [6.45, 7) is 0. The van der Waals surface area contributed by atoms with E-state index in [9.17, 15) is 4.79 Å². The van der Waals surface area contributed by atoms with Gasteiger partial charge in [0, 0.05) is 0 Å². The SMILES string of the molecule is COC(=O)Cc1ccc(C#N)c(N)n1. The summed E-state index contributed by atoms with van der Waals surface area (Å²) < 4.78 is 4.47. The number of nitrogens with two attached hydrogens (primary N) is 1. The molecule has 2 N–H and O–H groups in total. The maximum absolute atomic E-state index is 10.9. The van der Waals surface area contributed by atoms with Gasteiger partial charge in [-0.2, -0.15) is 5.26 Å². The minimum atomic E-state index is -0.387. The van der Waals surface area contributed by atoms with Crippen LogP contribution in [0, 0.1) is 11.3 Å². The summed E-state index contributed by atoms with van der Waals surface area (Å²) in [5.74, 6) is -0.254. The van der Waals surface area contributed by atoms with E-state index < -0.39 is 0 Å². The molecule has 0 aromatic carbocycles. The molecule has 0 saturated heterocycles. The molecule has 1 heterocycles.